The van der Waals surface area contributed by atoms with Gasteiger partial charge in [0, 0.05) is 0 Å². The molecule has 0 aliphatic carbocycles. The van der Waals surface area contributed by atoms with Gasteiger partial charge in [0.15, 0.2) is 0 Å². The molecule has 0 spiro atoms. The number of amides is 3. The average Bonchev–Trinajstić information content (AvgIpc) is 2.98. The maximum absolute atomic E-state index is 13.3. The SMILES string of the molecule is CCCCC1(c2ccccc2)NC(=O)N(Cc2ccc(C(=O)OC)cc2)C1=O. The number of hydrogen-bond donors (Lipinski definition) is 1. The van der Waals surface area contributed by atoms with Gasteiger partial charge in [-0.2, -0.15) is 0 Å². The number of rotatable bonds is 7. The van der Waals surface area contributed by atoms with Gasteiger partial charge in [0.1, 0.15) is 5.54 Å². The highest BCUT2D eigenvalue weighted by molar-refractivity contribution is 6.07. The highest BCUT2D eigenvalue weighted by atomic mass is 16.5. The summed E-state index contributed by atoms with van der Waals surface area (Å²) in [5.41, 5.74) is 0.950. The number of nitrogens with one attached hydrogen (secondary N) is 1. The normalized spacial score (nSPS) is 18.9. The Hall–Kier alpha value is -3.15. The van der Waals surface area contributed by atoms with E-state index in [1.807, 2.05) is 30.3 Å². The second-order valence-corrected chi connectivity index (χ2v) is 6.88. The number of carbonyl (C=O) groups is 3. The van der Waals surface area contributed by atoms with Gasteiger partial charge in [0.25, 0.3) is 5.91 Å². The molecule has 2 aromatic carbocycles. The molecule has 0 bridgehead atoms. The van der Waals surface area contributed by atoms with Crippen molar-refractivity contribution in [1.82, 2.24) is 10.2 Å². The topological polar surface area (TPSA) is 75.7 Å². The van der Waals surface area contributed by atoms with Crippen LogP contribution in [0.25, 0.3) is 0 Å². The van der Waals surface area contributed by atoms with Gasteiger partial charge in [0.05, 0.1) is 19.2 Å². The van der Waals surface area contributed by atoms with E-state index in [1.54, 1.807) is 24.3 Å². The molecular formula is C22H24N2O4. The van der Waals surface area contributed by atoms with Crippen LogP contribution in [0.5, 0.6) is 0 Å². The van der Waals surface area contributed by atoms with E-state index >= 15 is 0 Å². The molecule has 2 aromatic rings. The number of benzene rings is 2. The van der Waals surface area contributed by atoms with Crippen molar-refractivity contribution in [2.45, 2.75) is 38.3 Å². The zero-order chi connectivity index (χ0) is 20.1. The van der Waals surface area contributed by atoms with Crippen molar-refractivity contribution in [3.05, 3.63) is 71.3 Å². The summed E-state index contributed by atoms with van der Waals surface area (Å²) in [6.45, 7) is 2.20. The molecule has 1 aliphatic rings. The average molecular weight is 380 g/mol. The zero-order valence-corrected chi connectivity index (χ0v) is 16.1. The number of nitrogens with zero attached hydrogens (tertiary/aromatic N) is 1. The molecule has 0 radical (unpaired) electrons. The van der Waals surface area contributed by atoms with Gasteiger partial charge < -0.3 is 10.1 Å². The van der Waals surface area contributed by atoms with Crippen LogP contribution < -0.4 is 5.32 Å². The van der Waals surface area contributed by atoms with Crippen molar-refractivity contribution in [3.63, 3.8) is 0 Å². The minimum absolute atomic E-state index is 0.146. The first kappa shape index (κ1) is 19.6. The molecule has 1 fully saturated rings. The van der Waals surface area contributed by atoms with Crippen LogP contribution in [0.1, 0.15) is 47.7 Å². The molecule has 1 atom stereocenters. The third-order valence-electron chi connectivity index (χ3n) is 5.06. The lowest BCUT2D eigenvalue weighted by atomic mass is 9.85. The van der Waals surface area contributed by atoms with Gasteiger partial charge in [-0.25, -0.2) is 9.59 Å². The van der Waals surface area contributed by atoms with Crippen molar-refractivity contribution >= 4 is 17.9 Å². The van der Waals surface area contributed by atoms with Crippen LogP contribution in [0.2, 0.25) is 0 Å². The number of hydrogen-bond acceptors (Lipinski definition) is 4. The molecule has 1 N–H and O–H groups in total. The number of methoxy groups -OCH3 is 1. The van der Waals surface area contributed by atoms with E-state index in [-0.39, 0.29) is 12.5 Å². The number of urea groups is 1. The molecule has 0 saturated carbocycles. The van der Waals surface area contributed by atoms with Crippen molar-refractivity contribution in [2.75, 3.05) is 7.11 Å². The van der Waals surface area contributed by atoms with E-state index < -0.39 is 17.5 Å². The van der Waals surface area contributed by atoms with E-state index in [1.165, 1.54) is 12.0 Å². The van der Waals surface area contributed by atoms with E-state index in [9.17, 15) is 14.4 Å². The fourth-order valence-electron chi connectivity index (χ4n) is 3.49. The quantitative estimate of drug-likeness (QED) is 0.588. The van der Waals surface area contributed by atoms with Gasteiger partial charge in [-0.1, -0.05) is 62.2 Å². The minimum Gasteiger partial charge on any atom is -0.465 e. The predicted molar refractivity (Wildman–Crippen MR) is 105 cm³/mol. The molecule has 6 heteroatoms. The summed E-state index contributed by atoms with van der Waals surface area (Å²) in [6, 6.07) is 15.7. The number of unbranched alkanes of at least 4 members (excludes halogenated alkanes) is 1. The second-order valence-electron chi connectivity index (χ2n) is 6.88. The molecule has 6 nitrogen and oxygen atoms in total. The Balaban J connectivity index is 1.86. The van der Waals surface area contributed by atoms with Gasteiger partial charge in [0.2, 0.25) is 0 Å². The monoisotopic (exact) mass is 380 g/mol. The van der Waals surface area contributed by atoms with Crippen molar-refractivity contribution in [1.29, 1.82) is 0 Å². The molecule has 0 aromatic heterocycles. The van der Waals surface area contributed by atoms with Gasteiger partial charge in [-0.3, -0.25) is 9.69 Å². The summed E-state index contributed by atoms with van der Waals surface area (Å²) < 4.78 is 4.69. The van der Waals surface area contributed by atoms with Gasteiger partial charge in [-0.05, 0) is 29.7 Å². The smallest absolute Gasteiger partial charge is 0.337 e. The Morgan fingerprint density at radius 2 is 1.75 bits per heavy atom. The second kappa shape index (κ2) is 8.25. The zero-order valence-electron chi connectivity index (χ0n) is 16.1. The molecule has 3 rings (SSSR count). The Bertz CT molecular complexity index is 864. The number of carbonyl (C=O) groups excluding carboxylic acids is 3. The first-order valence-corrected chi connectivity index (χ1v) is 9.38. The summed E-state index contributed by atoms with van der Waals surface area (Å²) in [4.78, 5) is 38.8. The lowest BCUT2D eigenvalue weighted by Crippen LogP contribution is -2.44. The summed E-state index contributed by atoms with van der Waals surface area (Å²) in [6.07, 6.45) is 2.30. The third kappa shape index (κ3) is 3.63. The minimum atomic E-state index is -1.03. The highest BCUT2D eigenvalue weighted by Crippen LogP contribution is 2.34. The highest BCUT2D eigenvalue weighted by Gasteiger charge is 2.51. The Morgan fingerprint density at radius 1 is 1.07 bits per heavy atom. The predicted octanol–water partition coefficient (Wildman–Crippen LogP) is 3.61. The lowest BCUT2D eigenvalue weighted by molar-refractivity contribution is -0.132. The summed E-state index contributed by atoms with van der Waals surface area (Å²) >= 11 is 0. The van der Waals surface area contributed by atoms with Gasteiger partial charge in [-0.15, -0.1) is 0 Å². The van der Waals surface area contributed by atoms with Crippen LogP contribution in [0.3, 0.4) is 0 Å². The number of ether oxygens (including phenoxy) is 1. The van der Waals surface area contributed by atoms with Crippen LogP contribution >= 0.6 is 0 Å². The fourth-order valence-corrected chi connectivity index (χ4v) is 3.49. The molecule has 1 aliphatic heterocycles. The maximum atomic E-state index is 13.3. The fraction of sp³-hybridized carbons (Fsp3) is 0.318. The summed E-state index contributed by atoms with van der Waals surface area (Å²) in [7, 11) is 1.32. The Labute approximate surface area is 164 Å². The van der Waals surface area contributed by atoms with Crippen LogP contribution in [-0.2, 0) is 21.6 Å². The standard InChI is InChI=1S/C22H24N2O4/c1-3-4-14-22(18-8-6-5-7-9-18)20(26)24(21(27)23-22)15-16-10-12-17(13-11-16)19(25)28-2/h5-13H,3-4,14-15H2,1-2H3,(H,23,27). The molecule has 1 saturated heterocycles. The van der Waals surface area contributed by atoms with E-state index in [4.69, 9.17) is 0 Å². The van der Waals surface area contributed by atoms with Crippen molar-refractivity contribution < 1.29 is 19.1 Å². The molecular weight excluding hydrogens is 356 g/mol. The molecule has 1 unspecified atom stereocenters. The summed E-state index contributed by atoms with van der Waals surface area (Å²) in [5, 5.41) is 2.94. The Morgan fingerprint density at radius 3 is 2.36 bits per heavy atom. The molecule has 28 heavy (non-hydrogen) atoms. The molecule has 3 amide bonds. The van der Waals surface area contributed by atoms with E-state index in [0.717, 1.165) is 24.0 Å². The number of imide groups is 1. The van der Waals surface area contributed by atoms with Crippen LogP contribution in [0, 0.1) is 0 Å². The first-order valence-electron chi connectivity index (χ1n) is 9.38. The van der Waals surface area contributed by atoms with E-state index in [0.29, 0.717) is 12.0 Å². The largest absolute Gasteiger partial charge is 0.465 e. The van der Waals surface area contributed by atoms with Crippen LogP contribution in [0.15, 0.2) is 54.6 Å². The summed E-state index contributed by atoms with van der Waals surface area (Å²) in [5.74, 6) is -0.668. The van der Waals surface area contributed by atoms with E-state index in [2.05, 4.69) is 17.0 Å². The number of esters is 1. The third-order valence-corrected chi connectivity index (χ3v) is 5.06. The lowest BCUT2D eigenvalue weighted by Gasteiger charge is -2.27. The van der Waals surface area contributed by atoms with Crippen LogP contribution in [-0.4, -0.2) is 29.9 Å². The van der Waals surface area contributed by atoms with Crippen LogP contribution in [0.4, 0.5) is 4.79 Å². The maximum Gasteiger partial charge on any atom is 0.337 e. The first-order chi connectivity index (χ1) is 13.5. The molecule has 146 valence electrons. The Kier molecular flexibility index (Phi) is 5.78. The van der Waals surface area contributed by atoms with Gasteiger partial charge >= 0.3 is 12.0 Å². The van der Waals surface area contributed by atoms with Crippen molar-refractivity contribution in [3.8, 4) is 0 Å². The molecule has 1 heterocycles. The van der Waals surface area contributed by atoms with Crippen molar-refractivity contribution in [2.24, 2.45) is 0 Å².